The molecular weight excluding hydrogens is 346 g/mol. The lowest BCUT2D eigenvalue weighted by molar-refractivity contribution is -0.124. The minimum atomic E-state index is -0.550. The van der Waals surface area contributed by atoms with E-state index in [0.717, 1.165) is 5.56 Å². The van der Waals surface area contributed by atoms with Crippen molar-refractivity contribution in [1.29, 1.82) is 0 Å². The second-order valence-corrected chi connectivity index (χ2v) is 6.43. The Balaban J connectivity index is 2.01. The zero-order valence-electron chi connectivity index (χ0n) is 15.7. The van der Waals surface area contributed by atoms with Crippen LogP contribution in [0.5, 0.6) is 0 Å². The molecule has 3 rings (SSSR count). The SMILES string of the molecule is CC=C(c1ccccc1)C(c1ccccc1)c1ccc(C=CC(=O)NO)cc1. The van der Waals surface area contributed by atoms with E-state index < -0.39 is 5.91 Å². The zero-order chi connectivity index (χ0) is 19.8. The van der Waals surface area contributed by atoms with Crippen LogP contribution < -0.4 is 5.48 Å². The van der Waals surface area contributed by atoms with Gasteiger partial charge in [0.05, 0.1) is 0 Å². The highest BCUT2D eigenvalue weighted by atomic mass is 16.5. The molecule has 3 aromatic rings. The van der Waals surface area contributed by atoms with Crippen LogP contribution in [0.25, 0.3) is 11.6 Å². The predicted molar refractivity (Wildman–Crippen MR) is 114 cm³/mol. The molecule has 0 saturated heterocycles. The average Bonchev–Trinajstić information content (AvgIpc) is 2.77. The molecular formula is C25H23NO2. The highest BCUT2D eigenvalue weighted by molar-refractivity contribution is 5.90. The lowest BCUT2D eigenvalue weighted by atomic mass is 9.81. The molecule has 3 nitrogen and oxygen atoms in total. The van der Waals surface area contributed by atoms with Gasteiger partial charge in [-0.25, -0.2) is 5.48 Å². The van der Waals surface area contributed by atoms with E-state index in [0.29, 0.717) is 0 Å². The van der Waals surface area contributed by atoms with Gasteiger partial charge in [-0.15, -0.1) is 0 Å². The Kier molecular flexibility index (Phi) is 6.55. The Bertz CT molecular complexity index is 958. The highest BCUT2D eigenvalue weighted by Gasteiger charge is 2.19. The van der Waals surface area contributed by atoms with Gasteiger partial charge in [0.25, 0.3) is 5.91 Å². The van der Waals surface area contributed by atoms with Crippen LogP contribution in [0.15, 0.2) is 97.1 Å². The van der Waals surface area contributed by atoms with Crippen molar-refractivity contribution >= 4 is 17.6 Å². The van der Waals surface area contributed by atoms with Crippen LogP contribution in [0, 0.1) is 0 Å². The Morgan fingerprint density at radius 3 is 2.00 bits per heavy atom. The topological polar surface area (TPSA) is 49.3 Å². The fourth-order valence-corrected chi connectivity index (χ4v) is 3.34. The first-order chi connectivity index (χ1) is 13.7. The molecule has 0 heterocycles. The van der Waals surface area contributed by atoms with Crippen molar-refractivity contribution in [1.82, 2.24) is 5.48 Å². The van der Waals surface area contributed by atoms with Crippen molar-refractivity contribution < 1.29 is 10.0 Å². The van der Waals surface area contributed by atoms with Crippen LogP contribution in [0.3, 0.4) is 0 Å². The number of hydroxylamine groups is 1. The summed E-state index contributed by atoms with van der Waals surface area (Å²) in [5.74, 6) is -0.445. The zero-order valence-corrected chi connectivity index (χ0v) is 15.7. The van der Waals surface area contributed by atoms with E-state index in [4.69, 9.17) is 5.21 Å². The first kappa shape index (κ1) is 19.3. The molecule has 0 fully saturated rings. The number of benzene rings is 3. The maximum atomic E-state index is 11.2. The van der Waals surface area contributed by atoms with Gasteiger partial charge in [0.1, 0.15) is 0 Å². The molecule has 28 heavy (non-hydrogen) atoms. The summed E-state index contributed by atoms with van der Waals surface area (Å²) in [6, 6.07) is 29.0. The summed E-state index contributed by atoms with van der Waals surface area (Å²) < 4.78 is 0. The first-order valence-corrected chi connectivity index (χ1v) is 9.21. The normalized spacial score (nSPS) is 12.7. The van der Waals surface area contributed by atoms with Gasteiger partial charge in [-0.2, -0.15) is 0 Å². The molecule has 0 aliphatic heterocycles. The second-order valence-electron chi connectivity index (χ2n) is 6.43. The van der Waals surface area contributed by atoms with Gasteiger partial charge in [-0.05, 0) is 40.8 Å². The fourth-order valence-electron chi connectivity index (χ4n) is 3.34. The van der Waals surface area contributed by atoms with E-state index in [1.54, 1.807) is 11.6 Å². The Morgan fingerprint density at radius 2 is 1.43 bits per heavy atom. The van der Waals surface area contributed by atoms with Crippen LogP contribution in [0.1, 0.15) is 35.1 Å². The minimum Gasteiger partial charge on any atom is -0.288 e. The summed E-state index contributed by atoms with van der Waals surface area (Å²) in [6.07, 6.45) is 5.14. The van der Waals surface area contributed by atoms with Crippen LogP contribution >= 0.6 is 0 Å². The van der Waals surface area contributed by atoms with Crippen LogP contribution in [-0.4, -0.2) is 11.1 Å². The van der Waals surface area contributed by atoms with Gasteiger partial charge < -0.3 is 0 Å². The molecule has 0 aromatic heterocycles. The van der Waals surface area contributed by atoms with Crippen LogP contribution in [0.4, 0.5) is 0 Å². The predicted octanol–water partition coefficient (Wildman–Crippen LogP) is 5.44. The maximum Gasteiger partial charge on any atom is 0.267 e. The number of amides is 1. The van der Waals surface area contributed by atoms with Crippen molar-refractivity contribution in [3.8, 4) is 0 Å². The molecule has 1 unspecified atom stereocenters. The standard InChI is InChI=1S/C25H23NO2/c1-2-23(20-9-5-3-6-10-20)25(21-11-7-4-8-12-21)22-16-13-19(14-17-22)15-18-24(27)26-28/h2-18,25,28H,1H3,(H,26,27). The quantitative estimate of drug-likeness (QED) is 0.345. The van der Waals surface area contributed by atoms with E-state index in [2.05, 4.69) is 73.7 Å². The maximum absolute atomic E-state index is 11.2. The van der Waals surface area contributed by atoms with Gasteiger partial charge in [0, 0.05) is 12.0 Å². The van der Waals surface area contributed by atoms with Crippen molar-refractivity contribution in [2.75, 3.05) is 0 Å². The molecule has 1 amide bonds. The molecule has 0 aliphatic rings. The lowest BCUT2D eigenvalue weighted by Gasteiger charge is -2.22. The summed E-state index contributed by atoms with van der Waals surface area (Å²) in [5.41, 5.74) is 7.32. The molecule has 2 N–H and O–H groups in total. The summed E-state index contributed by atoms with van der Waals surface area (Å²) in [4.78, 5) is 11.2. The third-order valence-electron chi connectivity index (χ3n) is 4.67. The van der Waals surface area contributed by atoms with Crippen molar-refractivity contribution in [2.24, 2.45) is 0 Å². The molecule has 0 spiro atoms. The summed E-state index contributed by atoms with van der Waals surface area (Å²) >= 11 is 0. The van der Waals surface area contributed by atoms with Gasteiger partial charge >= 0.3 is 0 Å². The highest BCUT2D eigenvalue weighted by Crippen LogP contribution is 2.37. The third-order valence-corrected chi connectivity index (χ3v) is 4.67. The second kappa shape index (κ2) is 9.49. The van der Waals surface area contributed by atoms with E-state index in [9.17, 15) is 4.79 Å². The third kappa shape index (κ3) is 4.64. The number of hydrogen-bond acceptors (Lipinski definition) is 2. The van der Waals surface area contributed by atoms with E-state index in [-0.39, 0.29) is 5.92 Å². The molecule has 0 bridgehead atoms. The fraction of sp³-hybridized carbons (Fsp3) is 0.0800. The number of allylic oxidation sites excluding steroid dienone is 2. The van der Waals surface area contributed by atoms with Crippen molar-refractivity contribution in [3.63, 3.8) is 0 Å². The molecule has 0 saturated carbocycles. The van der Waals surface area contributed by atoms with E-state index in [1.165, 1.54) is 28.3 Å². The smallest absolute Gasteiger partial charge is 0.267 e. The molecule has 3 heteroatoms. The van der Waals surface area contributed by atoms with Gasteiger partial charge in [0.2, 0.25) is 0 Å². The van der Waals surface area contributed by atoms with Gasteiger partial charge in [-0.3, -0.25) is 10.0 Å². The number of nitrogens with one attached hydrogen (secondary N) is 1. The first-order valence-electron chi connectivity index (χ1n) is 9.21. The number of rotatable bonds is 6. The number of carbonyl (C=O) groups is 1. The molecule has 0 radical (unpaired) electrons. The number of hydrogen-bond donors (Lipinski definition) is 2. The molecule has 1 atom stereocenters. The molecule has 0 aliphatic carbocycles. The average molecular weight is 369 g/mol. The monoisotopic (exact) mass is 369 g/mol. The van der Waals surface area contributed by atoms with Crippen LogP contribution in [-0.2, 0) is 4.79 Å². The Hall–Kier alpha value is -3.43. The summed E-state index contributed by atoms with van der Waals surface area (Å²) in [7, 11) is 0. The largest absolute Gasteiger partial charge is 0.288 e. The Labute approximate surface area is 165 Å². The van der Waals surface area contributed by atoms with Gasteiger partial charge in [-0.1, -0.05) is 91.0 Å². The van der Waals surface area contributed by atoms with E-state index in [1.807, 2.05) is 24.3 Å². The van der Waals surface area contributed by atoms with Gasteiger partial charge in [0.15, 0.2) is 0 Å². The lowest BCUT2D eigenvalue weighted by Crippen LogP contribution is -2.14. The number of carbonyl (C=O) groups excluding carboxylic acids is 1. The van der Waals surface area contributed by atoms with Crippen molar-refractivity contribution in [3.05, 3.63) is 119 Å². The summed E-state index contributed by atoms with van der Waals surface area (Å²) in [6.45, 7) is 2.07. The molecule has 3 aromatic carbocycles. The Morgan fingerprint density at radius 1 is 0.857 bits per heavy atom. The van der Waals surface area contributed by atoms with Crippen molar-refractivity contribution in [2.45, 2.75) is 12.8 Å². The minimum absolute atomic E-state index is 0.104. The molecule has 140 valence electrons. The van der Waals surface area contributed by atoms with E-state index >= 15 is 0 Å². The summed E-state index contributed by atoms with van der Waals surface area (Å²) in [5, 5.41) is 8.60. The van der Waals surface area contributed by atoms with Crippen LogP contribution in [0.2, 0.25) is 0 Å².